The maximum absolute atomic E-state index is 9.70. The predicted octanol–water partition coefficient (Wildman–Crippen LogP) is 1.95. The zero-order valence-corrected chi connectivity index (χ0v) is 10.4. The highest BCUT2D eigenvalue weighted by Crippen LogP contribution is 2.24. The Morgan fingerprint density at radius 3 is 2.65 bits per heavy atom. The Bertz CT molecular complexity index is 337. The third-order valence-electron chi connectivity index (χ3n) is 3.51. The van der Waals surface area contributed by atoms with Gasteiger partial charge in [-0.3, -0.25) is 0 Å². The molecule has 2 unspecified atom stereocenters. The summed E-state index contributed by atoms with van der Waals surface area (Å²) in [5, 5.41) is 13.1. The van der Waals surface area contributed by atoms with Crippen molar-refractivity contribution in [3.63, 3.8) is 0 Å². The minimum absolute atomic E-state index is 0.0987. The van der Waals surface area contributed by atoms with Gasteiger partial charge in [-0.1, -0.05) is 18.6 Å². The van der Waals surface area contributed by atoms with Crippen LogP contribution in [0.5, 0.6) is 5.75 Å². The van der Waals surface area contributed by atoms with E-state index in [4.69, 9.17) is 4.74 Å². The van der Waals surface area contributed by atoms with Crippen molar-refractivity contribution in [2.45, 2.75) is 31.9 Å². The smallest absolute Gasteiger partial charge is 0.118 e. The maximum Gasteiger partial charge on any atom is 0.118 e. The molecular formula is C14H21NO2. The van der Waals surface area contributed by atoms with Gasteiger partial charge in [-0.05, 0) is 36.5 Å². The van der Waals surface area contributed by atoms with Gasteiger partial charge < -0.3 is 15.2 Å². The van der Waals surface area contributed by atoms with Crippen LogP contribution in [-0.4, -0.2) is 24.9 Å². The van der Waals surface area contributed by atoms with Crippen molar-refractivity contribution in [3.8, 4) is 5.75 Å². The van der Waals surface area contributed by atoms with Gasteiger partial charge >= 0.3 is 0 Å². The van der Waals surface area contributed by atoms with E-state index in [2.05, 4.69) is 17.4 Å². The molecule has 1 aromatic rings. The van der Waals surface area contributed by atoms with Crippen molar-refractivity contribution in [2.75, 3.05) is 13.7 Å². The van der Waals surface area contributed by atoms with Crippen molar-refractivity contribution in [1.82, 2.24) is 5.32 Å². The van der Waals surface area contributed by atoms with Crippen LogP contribution in [0.25, 0.3) is 0 Å². The van der Waals surface area contributed by atoms with Crippen LogP contribution in [0.4, 0.5) is 0 Å². The lowest BCUT2D eigenvalue weighted by Gasteiger charge is -2.15. The molecule has 0 aromatic heterocycles. The van der Waals surface area contributed by atoms with Crippen LogP contribution in [0.3, 0.4) is 0 Å². The molecule has 2 rings (SSSR count). The summed E-state index contributed by atoms with van der Waals surface area (Å²) >= 11 is 0. The summed E-state index contributed by atoms with van der Waals surface area (Å²) in [6, 6.07) is 8.08. The van der Waals surface area contributed by atoms with E-state index in [1.807, 2.05) is 12.1 Å². The highest BCUT2D eigenvalue weighted by atomic mass is 16.5. The summed E-state index contributed by atoms with van der Waals surface area (Å²) in [6.07, 6.45) is 3.18. The molecule has 17 heavy (non-hydrogen) atoms. The van der Waals surface area contributed by atoms with Crippen molar-refractivity contribution < 1.29 is 9.84 Å². The molecule has 94 valence electrons. The van der Waals surface area contributed by atoms with Crippen LogP contribution in [0, 0.1) is 5.92 Å². The molecule has 0 saturated heterocycles. The summed E-state index contributed by atoms with van der Waals surface area (Å²) < 4.78 is 5.12. The first-order valence-corrected chi connectivity index (χ1v) is 6.31. The number of nitrogens with one attached hydrogen (secondary N) is 1. The fraction of sp³-hybridized carbons (Fsp3) is 0.571. The van der Waals surface area contributed by atoms with Crippen LogP contribution in [0.1, 0.15) is 24.8 Å². The SMILES string of the molecule is COc1ccc(CNCC2CCCC2O)cc1. The van der Waals surface area contributed by atoms with E-state index in [1.165, 1.54) is 5.56 Å². The van der Waals surface area contributed by atoms with Crippen LogP contribution in [0.15, 0.2) is 24.3 Å². The zero-order valence-electron chi connectivity index (χ0n) is 10.4. The third kappa shape index (κ3) is 3.45. The van der Waals surface area contributed by atoms with E-state index < -0.39 is 0 Å². The van der Waals surface area contributed by atoms with Gasteiger partial charge in [0.15, 0.2) is 0 Å². The minimum Gasteiger partial charge on any atom is -0.497 e. The summed E-state index contributed by atoms with van der Waals surface area (Å²) in [5.74, 6) is 1.33. The van der Waals surface area contributed by atoms with E-state index in [0.717, 1.165) is 38.1 Å². The van der Waals surface area contributed by atoms with Crippen LogP contribution >= 0.6 is 0 Å². The van der Waals surface area contributed by atoms with Crippen molar-refractivity contribution in [1.29, 1.82) is 0 Å². The van der Waals surface area contributed by atoms with E-state index in [-0.39, 0.29) is 6.10 Å². The molecule has 0 bridgehead atoms. The van der Waals surface area contributed by atoms with E-state index in [9.17, 15) is 5.11 Å². The molecule has 1 aliphatic carbocycles. The zero-order chi connectivity index (χ0) is 12.1. The Kier molecular flexibility index (Phi) is 4.40. The predicted molar refractivity (Wildman–Crippen MR) is 68.0 cm³/mol. The number of ether oxygens (including phenoxy) is 1. The number of aliphatic hydroxyl groups excluding tert-OH is 1. The summed E-state index contributed by atoms with van der Waals surface area (Å²) in [5.41, 5.74) is 1.25. The monoisotopic (exact) mass is 235 g/mol. The van der Waals surface area contributed by atoms with E-state index in [0.29, 0.717) is 5.92 Å². The lowest BCUT2D eigenvalue weighted by molar-refractivity contribution is 0.131. The number of aliphatic hydroxyl groups is 1. The number of hydrogen-bond acceptors (Lipinski definition) is 3. The average Bonchev–Trinajstić information content (AvgIpc) is 2.76. The number of rotatable bonds is 5. The van der Waals surface area contributed by atoms with Gasteiger partial charge in [0.25, 0.3) is 0 Å². The lowest BCUT2D eigenvalue weighted by Crippen LogP contribution is -2.27. The Morgan fingerprint density at radius 2 is 2.06 bits per heavy atom. The molecular weight excluding hydrogens is 214 g/mol. The van der Waals surface area contributed by atoms with Gasteiger partial charge in [0.2, 0.25) is 0 Å². The molecule has 3 heteroatoms. The topological polar surface area (TPSA) is 41.5 Å². The summed E-state index contributed by atoms with van der Waals surface area (Å²) in [6.45, 7) is 1.76. The average molecular weight is 235 g/mol. The van der Waals surface area contributed by atoms with E-state index >= 15 is 0 Å². The normalized spacial score (nSPS) is 23.9. The maximum atomic E-state index is 9.70. The molecule has 2 atom stereocenters. The van der Waals surface area contributed by atoms with Gasteiger partial charge in [-0.15, -0.1) is 0 Å². The summed E-state index contributed by atoms with van der Waals surface area (Å²) in [4.78, 5) is 0. The van der Waals surface area contributed by atoms with Gasteiger partial charge in [0.05, 0.1) is 13.2 Å². The fourth-order valence-electron chi connectivity index (χ4n) is 2.40. The van der Waals surface area contributed by atoms with E-state index in [1.54, 1.807) is 7.11 Å². The van der Waals surface area contributed by atoms with Gasteiger partial charge in [0.1, 0.15) is 5.75 Å². The quantitative estimate of drug-likeness (QED) is 0.819. The van der Waals surface area contributed by atoms with Gasteiger partial charge in [-0.2, -0.15) is 0 Å². The van der Waals surface area contributed by atoms with Crippen LogP contribution < -0.4 is 10.1 Å². The largest absolute Gasteiger partial charge is 0.497 e. The molecule has 0 heterocycles. The first-order chi connectivity index (χ1) is 8.29. The standard InChI is InChI=1S/C14H21NO2/c1-17-13-7-5-11(6-8-13)9-15-10-12-3-2-4-14(12)16/h5-8,12,14-16H,2-4,9-10H2,1H3. The highest BCUT2D eigenvalue weighted by Gasteiger charge is 2.24. The second-order valence-corrected chi connectivity index (χ2v) is 4.74. The number of benzene rings is 1. The molecule has 3 nitrogen and oxygen atoms in total. The second kappa shape index (κ2) is 6.03. The van der Waals surface area contributed by atoms with Gasteiger partial charge in [-0.25, -0.2) is 0 Å². The Labute approximate surface area is 103 Å². The lowest BCUT2D eigenvalue weighted by atomic mass is 10.1. The van der Waals surface area contributed by atoms with Gasteiger partial charge in [0, 0.05) is 13.1 Å². The van der Waals surface area contributed by atoms with Crippen molar-refractivity contribution >= 4 is 0 Å². The minimum atomic E-state index is -0.0987. The number of hydrogen-bond donors (Lipinski definition) is 2. The second-order valence-electron chi connectivity index (χ2n) is 4.74. The van der Waals surface area contributed by atoms with Crippen molar-refractivity contribution in [2.24, 2.45) is 5.92 Å². The van der Waals surface area contributed by atoms with Crippen molar-refractivity contribution in [3.05, 3.63) is 29.8 Å². The molecule has 1 aliphatic rings. The third-order valence-corrected chi connectivity index (χ3v) is 3.51. The molecule has 0 amide bonds. The Balaban J connectivity index is 1.73. The Morgan fingerprint density at radius 1 is 1.29 bits per heavy atom. The number of methoxy groups -OCH3 is 1. The molecule has 2 N–H and O–H groups in total. The fourth-order valence-corrected chi connectivity index (χ4v) is 2.40. The molecule has 0 aliphatic heterocycles. The Hall–Kier alpha value is -1.06. The summed E-state index contributed by atoms with van der Waals surface area (Å²) in [7, 11) is 1.68. The molecule has 1 saturated carbocycles. The molecule has 1 aromatic carbocycles. The first-order valence-electron chi connectivity index (χ1n) is 6.31. The first kappa shape index (κ1) is 12.4. The van der Waals surface area contributed by atoms with Crippen LogP contribution in [-0.2, 0) is 6.54 Å². The molecule has 0 radical (unpaired) electrons. The molecule has 0 spiro atoms. The highest BCUT2D eigenvalue weighted by molar-refractivity contribution is 5.26. The molecule has 1 fully saturated rings. The van der Waals surface area contributed by atoms with Crippen LogP contribution in [0.2, 0.25) is 0 Å².